The van der Waals surface area contributed by atoms with Gasteiger partial charge in [-0.2, -0.15) is 5.10 Å². The molecule has 5 rings (SSSR count). The zero-order chi connectivity index (χ0) is 22.9. The van der Waals surface area contributed by atoms with Crippen LogP contribution in [0.2, 0.25) is 0 Å². The van der Waals surface area contributed by atoms with Crippen LogP contribution in [0.4, 0.5) is 17.5 Å². The molecule has 1 unspecified atom stereocenters. The van der Waals surface area contributed by atoms with Gasteiger partial charge >= 0.3 is 0 Å². The lowest BCUT2D eigenvalue weighted by Crippen LogP contribution is -2.58. The molecule has 0 aromatic carbocycles. The van der Waals surface area contributed by atoms with Gasteiger partial charge in [-0.1, -0.05) is 0 Å². The summed E-state index contributed by atoms with van der Waals surface area (Å²) in [7, 11) is 3.91. The van der Waals surface area contributed by atoms with Crippen molar-refractivity contribution in [3.05, 3.63) is 36.2 Å². The number of fused-ring (bicyclic) bond motifs is 3. The smallest absolute Gasteiger partial charge is 0.237 e. The first-order valence-electron chi connectivity index (χ1n) is 11.7. The van der Waals surface area contributed by atoms with Crippen molar-refractivity contribution in [1.82, 2.24) is 30.0 Å². The van der Waals surface area contributed by atoms with Gasteiger partial charge in [0.25, 0.3) is 0 Å². The van der Waals surface area contributed by atoms with Crippen LogP contribution >= 0.6 is 0 Å². The molecular formula is C24H32N8O. The van der Waals surface area contributed by atoms with E-state index in [0.29, 0.717) is 24.4 Å². The van der Waals surface area contributed by atoms with Crippen molar-refractivity contribution >= 4 is 34.3 Å². The van der Waals surface area contributed by atoms with Crippen LogP contribution in [-0.4, -0.2) is 74.6 Å². The summed E-state index contributed by atoms with van der Waals surface area (Å²) in [4.78, 5) is 26.5. The van der Waals surface area contributed by atoms with Gasteiger partial charge in [-0.05, 0) is 65.3 Å². The van der Waals surface area contributed by atoms with E-state index in [1.54, 1.807) is 6.20 Å². The summed E-state index contributed by atoms with van der Waals surface area (Å²) in [5, 5.41) is 15.2. The average Bonchev–Trinajstić information content (AvgIpc) is 3.17. The van der Waals surface area contributed by atoms with Crippen LogP contribution in [0.3, 0.4) is 0 Å². The lowest BCUT2D eigenvalue weighted by molar-refractivity contribution is -0.141. The molecule has 5 heterocycles. The lowest BCUT2D eigenvalue weighted by Gasteiger charge is -2.49. The Bertz CT molecular complexity index is 1130. The number of carbonyl (C=O) groups excluding carboxylic acids is 1. The number of carbonyl (C=O) groups is 1. The van der Waals surface area contributed by atoms with Gasteiger partial charge in [0.1, 0.15) is 11.6 Å². The number of hydrogen-bond acceptors (Lipinski definition) is 7. The van der Waals surface area contributed by atoms with Gasteiger partial charge in [0, 0.05) is 47.5 Å². The Labute approximate surface area is 194 Å². The predicted octanol–water partition coefficient (Wildman–Crippen LogP) is 3.29. The van der Waals surface area contributed by atoms with Crippen LogP contribution in [0.1, 0.15) is 37.8 Å². The molecule has 2 fully saturated rings. The molecule has 3 aromatic heterocycles. The zero-order valence-electron chi connectivity index (χ0n) is 19.5. The molecule has 3 N–H and O–H groups in total. The minimum absolute atomic E-state index is 0.251. The van der Waals surface area contributed by atoms with Crippen molar-refractivity contribution in [2.24, 2.45) is 0 Å². The van der Waals surface area contributed by atoms with E-state index in [4.69, 9.17) is 4.98 Å². The standard InChI is InChI=1S/C24H32N8O/c1-15-10-22(30-29-15)27-21-13-20-19(8-5-9-25-20)24(28-21)26-16-11-17-6-4-7-18(12-16)32(17)23(33)14-31(2)3/h5,8-10,13,16-18H,4,6-7,11-12,14H2,1-3H3,(H3,26,27,28,29,30)/t16?,17-,18+. The highest BCUT2D eigenvalue weighted by Gasteiger charge is 2.40. The molecule has 2 saturated heterocycles. The summed E-state index contributed by atoms with van der Waals surface area (Å²) in [5.74, 6) is 2.50. The number of rotatable bonds is 6. The third kappa shape index (κ3) is 4.64. The van der Waals surface area contributed by atoms with Gasteiger partial charge in [-0.25, -0.2) is 4.98 Å². The maximum atomic E-state index is 12.9. The second kappa shape index (κ2) is 8.97. The molecule has 2 bridgehead atoms. The molecule has 0 spiro atoms. The first-order valence-corrected chi connectivity index (χ1v) is 11.7. The number of aromatic amines is 1. The monoisotopic (exact) mass is 448 g/mol. The van der Waals surface area contributed by atoms with E-state index in [9.17, 15) is 4.79 Å². The first kappa shape index (κ1) is 21.6. The molecule has 3 atom stereocenters. The summed E-state index contributed by atoms with van der Waals surface area (Å²) in [6.07, 6.45) is 7.02. The van der Waals surface area contributed by atoms with E-state index in [0.717, 1.165) is 53.9 Å². The summed E-state index contributed by atoms with van der Waals surface area (Å²) >= 11 is 0. The Balaban J connectivity index is 1.38. The van der Waals surface area contributed by atoms with Gasteiger partial charge in [0.05, 0.1) is 12.1 Å². The zero-order valence-corrected chi connectivity index (χ0v) is 19.5. The second-order valence-corrected chi connectivity index (χ2v) is 9.58. The third-order valence-electron chi connectivity index (χ3n) is 6.62. The normalized spacial score (nSPS) is 22.5. The molecular weight excluding hydrogens is 416 g/mol. The molecule has 9 nitrogen and oxygen atoms in total. The summed E-state index contributed by atoms with van der Waals surface area (Å²) in [6, 6.07) is 8.73. The first-order chi connectivity index (χ1) is 16.0. The highest BCUT2D eigenvalue weighted by Crippen LogP contribution is 2.36. The minimum Gasteiger partial charge on any atom is -0.367 e. The highest BCUT2D eigenvalue weighted by atomic mass is 16.2. The minimum atomic E-state index is 0.251. The Morgan fingerprint density at radius 1 is 1.21 bits per heavy atom. The molecule has 0 radical (unpaired) electrons. The largest absolute Gasteiger partial charge is 0.367 e. The number of aromatic nitrogens is 4. The van der Waals surface area contributed by atoms with E-state index < -0.39 is 0 Å². The molecule has 2 aliphatic heterocycles. The Hall–Kier alpha value is -3.20. The molecule has 1 amide bonds. The van der Waals surface area contributed by atoms with E-state index in [-0.39, 0.29) is 11.9 Å². The maximum Gasteiger partial charge on any atom is 0.237 e. The highest BCUT2D eigenvalue weighted by molar-refractivity contribution is 5.91. The fourth-order valence-electron chi connectivity index (χ4n) is 5.31. The van der Waals surface area contributed by atoms with Gasteiger partial charge in [-0.15, -0.1) is 0 Å². The molecule has 174 valence electrons. The van der Waals surface area contributed by atoms with E-state index in [1.165, 1.54) is 6.42 Å². The number of anilines is 3. The van der Waals surface area contributed by atoms with Crippen LogP contribution in [0.25, 0.3) is 10.9 Å². The van der Waals surface area contributed by atoms with Crippen LogP contribution in [-0.2, 0) is 4.79 Å². The number of nitrogens with zero attached hydrogens (tertiary/aromatic N) is 5. The molecule has 0 aliphatic carbocycles. The number of piperidine rings is 2. The Morgan fingerprint density at radius 3 is 2.70 bits per heavy atom. The number of hydrogen-bond donors (Lipinski definition) is 3. The van der Waals surface area contributed by atoms with Crippen molar-refractivity contribution in [2.75, 3.05) is 31.3 Å². The fourth-order valence-corrected chi connectivity index (χ4v) is 5.31. The van der Waals surface area contributed by atoms with Crippen molar-refractivity contribution in [2.45, 2.75) is 57.2 Å². The van der Waals surface area contributed by atoms with Gasteiger partial charge in [-0.3, -0.25) is 14.9 Å². The number of aryl methyl sites for hydroxylation is 1. The SMILES string of the molecule is Cc1cc(Nc2cc3ncccc3c(NC3C[C@H]4CCC[C@@H](C3)N4C(=O)CN(C)C)n2)n[nH]1. The van der Waals surface area contributed by atoms with Crippen LogP contribution < -0.4 is 10.6 Å². The third-order valence-corrected chi connectivity index (χ3v) is 6.62. The van der Waals surface area contributed by atoms with Crippen LogP contribution in [0, 0.1) is 6.92 Å². The van der Waals surface area contributed by atoms with Crippen molar-refractivity contribution < 1.29 is 4.79 Å². The average molecular weight is 449 g/mol. The Kier molecular flexibility index (Phi) is 5.88. The quantitative estimate of drug-likeness (QED) is 0.532. The van der Waals surface area contributed by atoms with Gasteiger partial charge in [0.2, 0.25) is 5.91 Å². The topological polar surface area (TPSA) is 102 Å². The number of likely N-dealkylation sites (N-methyl/N-ethyl adjacent to an activating group) is 1. The molecule has 3 aromatic rings. The molecule has 9 heteroatoms. The molecule has 33 heavy (non-hydrogen) atoms. The van der Waals surface area contributed by atoms with Crippen molar-refractivity contribution in [3.63, 3.8) is 0 Å². The lowest BCUT2D eigenvalue weighted by atomic mass is 9.81. The summed E-state index contributed by atoms with van der Waals surface area (Å²) in [5.41, 5.74) is 1.86. The summed E-state index contributed by atoms with van der Waals surface area (Å²) < 4.78 is 0. The predicted molar refractivity (Wildman–Crippen MR) is 130 cm³/mol. The van der Waals surface area contributed by atoms with Crippen molar-refractivity contribution in [1.29, 1.82) is 0 Å². The van der Waals surface area contributed by atoms with E-state index in [2.05, 4.69) is 36.8 Å². The van der Waals surface area contributed by atoms with E-state index >= 15 is 0 Å². The second-order valence-electron chi connectivity index (χ2n) is 9.58. The number of amides is 1. The molecule has 0 saturated carbocycles. The Morgan fingerprint density at radius 2 is 2.00 bits per heavy atom. The van der Waals surface area contributed by atoms with Crippen molar-refractivity contribution in [3.8, 4) is 0 Å². The van der Waals surface area contributed by atoms with E-state index in [1.807, 2.05) is 44.1 Å². The summed E-state index contributed by atoms with van der Waals surface area (Å²) in [6.45, 7) is 2.44. The number of H-pyrrole nitrogens is 1. The van der Waals surface area contributed by atoms with Crippen LogP contribution in [0.15, 0.2) is 30.5 Å². The number of nitrogens with one attached hydrogen (secondary N) is 3. The van der Waals surface area contributed by atoms with Crippen LogP contribution in [0.5, 0.6) is 0 Å². The maximum absolute atomic E-state index is 12.9. The molecule has 2 aliphatic rings. The number of pyridine rings is 2. The van der Waals surface area contributed by atoms with Gasteiger partial charge < -0.3 is 20.4 Å². The fraction of sp³-hybridized carbons (Fsp3) is 0.500. The van der Waals surface area contributed by atoms with Gasteiger partial charge in [0.15, 0.2) is 5.82 Å².